The van der Waals surface area contributed by atoms with Gasteiger partial charge in [-0.05, 0) is 54.6 Å². The fraction of sp³-hybridized carbons (Fsp3) is 0.120. The number of nitrogens with one attached hydrogen (secondary N) is 2. The number of hydrogen-bond acceptors (Lipinski definition) is 6. The summed E-state index contributed by atoms with van der Waals surface area (Å²) >= 11 is 1.26. The summed E-state index contributed by atoms with van der Waals surface area (Å²) in [6.07, 6.45) is 0.0500. The summed E-state index contributed by atoms with van der Waals surface area (Å²) in [4.78, 5) is 51.3. The maximum absolute atomic E-state index is 13.0. The fourth-order valence-corrected chi connectivity index (χ4v) is 4.57. The van der Waals surface area contributed by atoms with Crippen molar-refractivity contribution in [3.63, 3.8) is 0 Å². The van der Waals surface area contributed by atoms with E-state index in [1.807, 2.05) is 24.3 Å². The third kappa shape index (κ3) is 5.26. The van der Waals surface area contributed by atoms with Gasteiger partial charge >= 0.3 is 12.0 Å². The monoisotopic (exact) mass is 475 g/mol. The number of carbonyl (C=O) groups excluding carboxylic acids is 4. The van der Waals surface area contributed by atoms with Gasteiger partial charge in [-0.2, -0.15) is 0 Å². The number of amides is 4. The lowest BCUT2D eigenvalue weighted by molar-refractivity contribution is -0.121. The number of anilines is 3. The lowest BCUT2D eigenvalue weighted by Gasteiger charge is -2.15. The van der Waals surface area contributed by atoms with Crippen LogP contribution < -0.4 is 15.5 Å². The third-order valence-corrected chi connectivity index (χ3v) is 6.23. The number of ether oxygens (including phenoxy) is 1. The minimum absolute atomic E-state index is 0.0500. The highest BCUT2D eigenvalue weighted by molar-refractivity contribution is 8.00. The molecule has 0 radical (unpaired) electrons. The van der Waals surface area contributed by atoms with Crippen molar-refractivity contribution < 1.29 is 23.9 Å². The Morgan fingerprint density at radius 1 is 0.912 bits per heavy atom. The molecule has 3 aromatic carbocycles. The highest BCUT2D eigenvalue weighted by Gasteiger charge is 2.40. The summed E-state index contributed by atoms with van der Waals surface area (Å²) in [6.45, 7) is 0. The number of nitrogens with zero attached hydrogens (tertiary/aromatic N) is 1. The van der Waals surface area contributed by atoms with Crippen LogP contribution in [-0.2, 0) is 14.3 Å². The van der Waals surface area contributed by atoms with E-state index in [0.29, 0.717) is 22.6 Å². The number of benzene rings is 3. The molecule has 34 heavy (non-hydrogen) atoms. The quantitative estimate of drug-likeness (QED) is 0.401. The Morgan fingerprint density at radius 2 is 1.59 bits per heavy atom. The number of carbonyl (C=O) groups is 4. The molecule has 1 heterocycles. The highest BCUT2D eigenvalue weighted by atomic mass is 32.2. The van der Waals surface area contributed by atoms with Crippen LogP contribution in [0.1, 0.15) is 16.8 Å². The van der Waals surface area contributed by atoms with Crippen LogP contribution in [0, 0.1) is 0 Å². The average Bonchev–Trinajstić information content (AvgIpc) is 3.12. The molecule has 172 valence electrons. The number of hydrogen-bond donors (Lipinski definition) is 2. The number of para-hydroxylation sites is 1. The summed E-state index contributed by atoms with van der Waals surface area (Å²) in [5, 5.41) is 4.91. The number of rotatable bonds is 6. The van der Waals surface area contributed by atoms with Crippen LogP contribution in [0.4, 0.5) is 21.9 Å². The van der Waals surface area contributed by atoms with Crippen molar-refractivity contribution in [2.75, 3.05) is 22.6 Å². The maximum atomic E-state index is 13.0. The number of esters is 1. The molecule has 4 amide bonds. The smallest absolute Gasteiger partial charge is 0.337 e. The van der Waals surface area contributed by atoms with E-state index in [-0.39, 0.29) is 24.3 Å². The molecule has 1 saturated heterocycles. The van der Waals surface area contributed by atoms with Gasteiger partial charge in [0.1, 0.15) is 0 Å². The van der Waals surface area contributed by atoms with Crippen molar-refractivity contribution in [1.82, 2.24) is 0 Å². The molecule has 9 heteroatoms. The molecule has 0 aliphatic carbocycles. The number of thioether (sulfide) groups is 1. The molecule has 2 N–H and O–H groups in total. The summed E-state index contributed by atoms with van der Waals surface area (Å²) < 4.78 is 4.67. The lowest BCUT2D eigenvalue weighted by atomic mass is 10.2. The standard InChI is InChI=1S/C25H21N3O5S/c1-33-24(31)16-10-12-19(13-11-16)28-22(29)15-21(23(28)30)34-20-9-5-8-18(14-20)27-25(32)26-17-6-3-2-4-7-17/h2-14,21H,15H2,1H3,(H2,26,27,32)/t21-/m0/s1. The zero-order chi connectivity index (χ0) is 24.1. The molecule has 4 rings (SSSR count). The second-order valence-electron chi connectivity index (χ2n) is 7.39. The Labute approximate surface area is 200 Å². The number of urea groups is 1. The van der Waals surface area contributed by atoms with Gasteiger partial charge in [-0.1, -0.05) is 24.3 Å². The van der Waals surface area contributed by atoms with Crippen molar-refractivity contribution in [3.8, 4) is 0 Å². The van der Waals surface area contributed by atoms with E-state index < -0.39 is 11.2 Å². The molecule has 3 aromatic rings. The summed E-state index contributed by atoms with van der Waals surface area (Å²) in [7, 11) is 1.28. The van der Waals surface area contributed by atoms with Gasteiger partial charge in [0.15, 0.2) is 0 Å². The van der Waals surface area contributed by atoms with Crippen molar-refractivity contribution >= 4 is 52.6 Å². The minimum Gasteiger partial charge on any atom is -0.465 e. The van der Waals surface area contributed by atoms with Crippen LogP contribution in [-0.4, -0.2) is 36.2 Å². The molecule has 0 saturated carbocycles. The summed E-state index contributed by atoms with van der Waals surface area (Å²) in [5.41, 5.74) is 1.96. The van der Waals surface area contributed by atoms with Gasteiger partial charge in [0, 0.05) is 22.7 Å². The second-order valence-corrected chi connectivity index (χ2v) is 8.67. The van der Waals surface area contributed by atoms with E-state index in [1.54, 1.807) is 42.5 Å². The summed E-state index contributed by atoms with van der Waals surface area (Å²) in [5.74, 6) is -1.14. The minimum atomic E-state index is -0.596. The highest BCUT2D eigenvalue weighted by Crippen LogP contribution is 2.35. The first-order chi connectivity index (χ1) is 16.4. The SMILES string of the molecule is COC(=O)c1ccc(N2C(=O)C[C@H](Sc3cccc(NC(=O)Nc4ccccc4)c3)C2=O)cc1. The number of methoxy groups -OCH3 is 1. The van der Waals surface area contributed by atoms with E-state index in [9.17, 15) is 19.2 Å². The second kappa shape index (κ2) is 10.2. The van der Waals surface area contributed by atoms with Gasteiger partial charge in [-0.15, -0.1) is 11.8 Å². The first kappa shape index (κ1) is 23.1. The Balaban J connectivity index is 1.41. The molecule has 1 aliphatic heterocycles. The van der Waals surface area contributed by atoms with Gasteiger partial charge in [-0.25, -0.2) is 14.5 Å². The largest absolute Gasteiger partial charge is 0.465 e. The third-order valence-electron chi connectivity index (χ3n) is 5.05. The zero-order valence-electron chi connectivity index (χ0n) is 18.2. The molecule has 8 nitrogen and oxygen atoms in total. The molecule has 0 spiro atoms. The predicted molar refractivity (Wildman–Crippen MR) is 130 cm³/mol. The topological polar surface area (TPSA) is 105 Å². The van der Waals surface area contributed by atoms with Crippen LogP contribution >= 0.6 is 11.8 Å². The predicted octanol–water partition coefficient (Wildman–Crippen LogP) is 4.54. The molecule has 0 bridgehead atoms. The van der Waals surface area contributed by atoms with Crippen molar-refractivity contribution in [1.29, 1.82) is 0 Å². The first-order valence-corrected chi connectivity index (χ1v) is 11.3. The van der Waals surface area contributed by atoms with E-state index in [1.165, 1.54) is 31.0 Å². The normalized spacial score (nSPS) is 15.2. The van der Waals surface area contributed by atoms with E-state index >= 15 is 0 Å². The molecule has 1 atom stereocenters. The molecule has 0 unspecified atom stereocenters. The van der Waals surface area contributed by atoms with Crippen LogP contribution in [0.15, 0.2) is 83.8 Å². The van der Waals surface area contributed by atoms with E-state index in [2.05, 4.69) is 15.4 Å². The Hall–Kier alpha value is -4.11. The van der Waals surface area contributed by atoms with Gasteiger partial charge in [0.2, 0.25) is 11.8 Å². The molecular formula is C25H21N3O5S. The Bertz CT molecular complexity index is 1230. The van der Waals surface area contributed by atoms with Gasteiger partial charge in [-0.3, -0.25) is 9.59 Å². The van der Waals surface area contributed by atoms with Crippen LogP contribution in [0.2, 0.25) is 0 Å². The van der Waals surface area contributed by atoms with E-state index in [0.717, 1.165) is 9.80 Å². The van der Waals surface area contributed by atoms with Gasteiger partial charge < -0.3 is 15.4 Å². The lowest BCUT2D eigenvalue weighted by Crippen LogP contribution is -2.31. The summed E-state index contributed by atoms with van der Waals surface area (Å²) in [6, 6.07) is 21.9. The molecule has 1 aliphatic rings. The fourth-order valence-electron chi connectivity index (χ4n) is 3.46. The molecular weight excluding hydrogens is 454 g/mol. The number of imide groups is 1. The van der Waals surface area contributed by atoms with Crippen molar-refractivity contribution in [3.05, 3.63) is 84.4 Å². The first-order valence-electron chi connectivity index (χ1n) is 10.4. The van der Waals surface area contributed by atoms with Gasteiger partial charge in [0.05, 0.1) is 23.6 Å². The Morgan fingerprint density at radius 3 is 2.29 bits per heavy atom. The Kier molecular flexibility index (Phi) is 6.93. The molecule has 0 aromatic heterocycles. The average molecular weight is 476 g/mol. The maximum Gasteiger partial charge on any atom is 0.337 e. The zero-order valence-corrected chi connectivity index (χ0v) is 19.0. The van der Waals surface area contributed by atoms with Crippen molar-refractivity contribution in [2.45, 2.75) is 16.6 Å². The van der Waals surface area contributed by atoms with Crippen LogP contribution in [0.25, 0.3) is 0 Å². The van der Waals surface area contributed by atoms with Crippen molar-refractivity contribution in [2.24, 2.45) is 0 Å². The van der Waals surface area contributed by atoms with Crippen LogP contribution in [0.3, 0.4) is 0 Å². The molecule has 1 fully saturated rings. The van der Waals surface area contributed by atoms with Gasteiger partial charge in [0.25, 0.3) is 0 Å². The van der Waals surface area contributed by atoms with E-state index in [4.69, 9.17) is 0 Å². The van der Waals surface area contributed by atoms with Crippen LogP contribution in [0.5, 0.6) is 0 Å².